The number of halogens is 1. The molecule has 2 aromatic rings. The number of piperazine rings is 1. The Hall–Kier alpha value is -2.38. The van der Waals surface area contributed by atoms with Gasteiger partial charge in [0.2, 0.25) is 6.10 Å². The minimum Gasteiger partial charge on any atom is -0.497 e. The lowest BCUT2D eigenvalue weighted by molar-refractivity contribution is -0.143. The predicted molar refractivity (Wildman–Crippen MR) is 115 cm³/mol. The first-order valence-corrected chi connectivity index (χ1v) is 10.5. The third-order valence-corrected chi connectivity index (χ3v) is 5.84. The molecule has 152 valence electrons. The monoisotopic (exact) mass is 457 g/mol. The van der Waals surface area contributed by atoms with Gasteiger partial charge < -0.3 is 14.5 Å². The largest absolute Gasteiger partial charge is 0.497 e. The molecular formula is C22H24BrN3O3. The summed E-state index contributed by atoms with van der Waals surface area (Å²) in [7, 11) is 1.64. The maximum atomic E-state index is 12.9. The van der Waals surface area contributed by atoms with Gasteiger partial charge in [0.05, 0.1) is 12.8 Å². The summed E-state index contributed by atoms with van der Waals surface area (Å²) in [5, 5.41) is 4.15. The van der Waals surface area contributed by atoms with Crippen molar-refractivity contribution >= 4 is 27.5 Å². The Kier molecular flexibility index (Phi) is 6.16. The molecule has 0 saturated carbocycles. The summed E-state index contributed by atoms with van der Waals surface area (Å²) in [6.45, 7) is 4.04. The van der Waals surface area contributed by atoms with Crippen molar-refractivity contribution in [3.05, 3.63) is 64.1 Å². The maximum absolute atomic E-state index is 12.9. The smallest absolute Gasteiger partial charge is 0.266 e. The van der Waals surface area contributed by atoms with Crippen molar-refractivity contribution in [3.8, 4) is 5.75 Å². The summed E-state index contributed by atoms with van der Waals surface area (Å²) in [5.41, 5.74) is 3.04. The normalized spacial score (nSPS) is 19.6. The van der Waals surface area contributed by atoms with Crippen LogP contribution in [-0.4, -0.2) is 60.8 Å². The lowest BCUT2D eigenvalue weighted by Gasteiger charge is -2.35. The van der Waals surface area contributed by atoms with Crippen molar-refractivity contribution in [1.29, 1.82) is 0 Å². The van der Waals surface area contributed by atoms with E-state index in [0.717, 1.165) is 41.1 Å². The Labute approximate surface area is 179 Å². The van der Waals surface area contributed by atoms with E-state index in [1.165, 1.54) is 5.56 Å². The van der Waals surface area contributed by atoms with E-state index in [0.29, 0.717) is 19.5 Å². The van der Waals surface area contributed by atoms with Crippen LogP contribution < -0.4 is 4.74 Å². The van der Waals surface area contributed by atoms with E-state index in [2.05, 4.69) is 44.2 Å². The third-order valence-electron chi connectivity index (χ3n) is 5.35. The number of hydrogen-bond acceptors (Lipinski definition) is 5. The molecule has 1 atom stereocenters. The first-order chi connectivity index (χ1) is 14.1. The summed E-state index contributed by atoms with van der Waals surface area (Å²) in [5.74, 6) is 0.820. The molecule has 0 radical (unpaired) electrons. The van der Waals surface area contributed by atoms with Crippen LogP contribution in [0.25, 0.3) is 0 Å². The summed E-state index contributed by atoms with van der Waals surface area (Å²) in [4.78, 5) is 22.6. The van der Waals surface area contributed by atoms with Crippen LogP contribution in [0.3, 0.4) is 0 Å². The molecule has 0 N–H and O–H groups in total. The summed E-state index contributed by atoms with van der Waals surface area (Å²) >= 11 is 3.52. The van der Waals surface area contributed by atoms with E-state index in [1.807, 2.05) is 35.2 Å². The number of amides is 1. The van der Waals surface area contributed by atoms with E-state index in [1.54, 1.807) is 7.11 Å². The van der Waals surface area contributed by atoms with Gasteiger partial charge in [-0.15, -0.1) is 0 Å². The zero-order valence-corrected chi connectivity index (χ0v) is 18.0. The lowest BCUT2D eigenvalue weighted by atomic mass is 10.0. The molecule has 0 bridgehead atoms. The molecule has 4 rings (SSSR count). The van der Waals surface area contributed by atoms with E-state index < -0.39 is 6.10 Å². The molecule has 2 aliphatic rings. The quantitative estimate of drug-likeness (QED) is 0.690. The highest BCUT2D eigenvalue weighted by molar-refractivity contribution is 9.10. The van der Waals surface area contributed by atoms with Gasteiger partial charge in [0.25, 0.3) is 5.91 Å². The Morgan fingerprint density at radius 1 is 1.17 bits per heavy atom. The Morgan fingerprint density at radius 2 is 1.93 bits per heavy atom. The molecular weight excluding hydrogens is 434 g/mol. The van der Waals surface area contributed by atoms with Gasteiger partial charge >= 0.3 is 0 Å². The van der Waals surface area contributed by atoms with Crippen molar-refractivity contribution in [2.75, 3.05) is 33.3 Å². The van der Waals surface area contributed by atoms with Crippen LogP contribution in [0.1, 0.15) is 17.5 Å². The third kappa shape index (κ3) is 4.79. The van der Waals surface area contributed by atoms with E-state index in [9.17, 15) is 4.79 Å². The average molecular weight is 458 g/mol. The molecule has 2 heterocycles. The maximum Gasteiger partial charge on any atom is 0.266 e. The van der Waals surface area contributed by atoms with E-state index >= 15 is 0 Å². The molecule has 1 amide bonds. The van der Waals surface area contributed by atoms with Crippen LogP contribution in [0.5, 0.6) is 5.75 Å². The molecule has 0 aromatic heterocycles. The van der Waals surface area contributed by atoms with Crippen LogP contribution >= 0.6 is 15.9 Å². The molecule has 1 fully saturated rings. The minimum atomic E-state index is -0.524. The fraction of sp³-hybridized carbons (Fsp3) is 0.364. The summed E-state index contributed by atoms with van der Waals surface area (Å²) in [6, 6.07) is 16.0. The van der Waals surface area contributed by atoms with E-state index in [4.69, 9.17) is 9.57 Å². The number of rotatable bonds is 5. The highest BCUT2D eigenvalue weighted by Crippen LogP contribution is 2.21. The molecule has 0 spiro atoms. The lowest BCUT2D eigenvalue weighted by Crippen LogP contribution is -2.51. The Bertz CT molecular complexity index is 892. The van der Waals surface area contributed by atoms with Crippen LogP contribution in [0.2, 0.25) is 0 Å². The van der Waals surface area contributed by atoms with Crippen molar-refractivity contribution in [3.63, 3.8) is 0 Å². The molecule has 6 nitrogen and oxygen atoms in total. The summed E-state index contributed by atoms with van der Waals surface area (Å²) in [6.07, 6.45) is -0.0209. The zero-order valence-electron chi connectivity index (χ0n) is 16.4. The number of ether oxygens (including phenoxy) is 1. The number of carbonyl (C=O) groups excluding carboxylic acids is 1. The molecule has 0 aliphatic carbocycles. The number of benzene rings is 2. The first-order valence-electron chi connectivity index (χ1n) is 9.75. The number of oxime groups is 1. The van der Waals surface area contributed by atoms with Crippen LogP contribution in [0, 0.1) is 0 Å². The van der Waals surface area contributed by atoms with Gasteiger partial charge in [0.1, 0.15) is 5.75 Å². The first kappa shape index (κ1) is 19.9. The van der Waals surface area contributed by atoms with Gasteiger partial charge in [0.15, 0.2) is 0 Å². The van der Waals surface area contributed by atoms with E-state index in [-0.39, 0.29) is 5.91 Å². The molecule has 2 aromatic carbocycles. The number of hydrogen-bond donors (Lipinski definition) is 0. The zero-order chi connectivity index (χ0) is 20.2. The van der Waals surface area contributed by atoms with Gasteiger partial charge in [-0.1, -0.05) is 33.2 Å². The van der Waals surface area contributed by atoms with Crippen LogP contribution in [-0.2, 0) is 16.2 Å². The highest BCUT2D eigenvalue weighted by Gasteiger charge is 2.33. The average Bonchev–Trinajstić information content (AvgIpc) is 3.24. The molecule has 29 heavy (non-hydrogen) atoms. The number of carbonyl (C=O) groups is 1. The molecule has 2 aliphatic heterocycles. The van der Waals surface area contributed by atoms with Gasteiger partial charge in [-0.3, -0.25) is 9.69 Å². The summed E-state index contributed by atoms with van der Waals surface area (Å²) < 4.78 is 6.28. The second kappa shape index (κ2) is 8.97. The predicted octanol–water partition coefficient (Wildman–Crippen LogP) is 3.30. The standard InChI is InChI=1S/C22H24BrN3O3/c1-28-19-7-5-17(6-8-19)20-14-21(29-24-20)22(27)26-11-9-25(10-12-26)15-16-3-2-4-18(23)13-16/h2-8,13,21H,9-12,14-15H2,1H3. The fourth-order valence-electron chi connectivity index (χ4n) is 3.69. The Morgan fingerprint density at radius 3 is 2.62 bits per heavy atom. The van der Waals surface area contributed by atoms with Gasteiger partial charge in [-0.2, -0.15) is 0 Å². The van der Waals surface area contributed by atoms with Crippen LogP contribution in [0.4, 0.5) is 0 Å². The second-order valence-electron chi connectivity index (χ2n) is 7.30. The molecule has 1 unspecified atom stereocenters. The topological polar surface area (TPSA) is 54.4 Å². The van der Waals surface area contributed by atoms with Gasteiger partial charge in [0, 0.05) is 43.6 Å². The van der Waals surface area contributed by atoms with Crippen LogP contribution in [0.15, 0.2) is 58.2 Å². The second-order valence-corrected chi connectivity index (χ2v) is 8.21. The Balaban J connectivity index is 1.28. The molecule has 7 heteroatoms. The minimum absolute atomic E-state index is 0.0272. The fourth-order valence-corrected chi connectivity index (χ4v) is 4.13. The number of nitrogens with zero attached hydrogens (tertiary/aromatic N) is 3. The van der Waals surface area contributed by atoms with Crippen molar-refractivity contribution < 1.29 is 14.4 Å². The van der Waals surface area contributed by atoms with Crippen molar-refractivity contribution in [2.45, 2.75) is 19.1 Å². The SMILES string of the molecule is COc1ccc(C2=NOC(C(=O)N3CCN(Cc4cccc(Br)c4)CC3)C2)cc1. The highest BCUT2D eigenvalue weighted by atomic mass is 79.9. The van der Waals surface area contributed by atoms with Gasteiger partial charge in [-0.25, -0.2) is 0 Å². The van der Waals surface area contributed by atoms with Crippen molar-refractivity contribution in [2.24, 2.45) is 5.16 Å². The number of methoxy groups -OCH3 is 1. The van der Waals surface area contributed by atoms with Crippen molar-refractivity contribution in [1.82, 2.24) is 9.80 Å². The van der Waals surface area contributed by atoms with Gasteiger partial charge in [-0.05, 0) is 47.5 Å². The molecule has 1 saturated heterocycles.